The summed E-state index contributed by atoms with van der Waals surface area (Å²) in [5.74, 6) is 0.880. The Morgan fingerprint density at radius 1 is 1.50 bits per heavy atom. The quantitative estimate of drug-likeness (QED) is 0.781. The van der Waals surface area contributed by atoms with Gasteiger partial charge in [0.15, 0.2) is 0 Å². The van der Waals surface area contributed by atoms with Crippen LogP contribution in [0.3, 0.4) is 0 Å². The van der Waals surface area contributed by atoms with Crippen molar-refractivity contribution in [3.05, 3.63) is 24.5 Å². The number of aromatic nitrogens is 1. The number of likely N-dealkylation sites (tertiary alicyclic amines) is 1. The molecule has 1 saturated heterocycles. The van der Waals surface area contributed by atoms with E-state index in [1.165, 1.54) is 0 Å². The molecule has 1 aromatic heterocycles. The molecular formula is C13H20N2O. The summed E-state index contributed by atoms with van der Waals surface area (Å²) >= 11 is 0. The maximum absolute atomic E-state index is 5.92. The Morgan fingerprint density at radius 2 is 2.31 bits per heavy atom. The van der Waals surface area contributed by atoms with Crippen molar-refractivity contribution in [3.8, 4) is 5.75 Å². The molecule has 1 aliphatic rings. The van der Waals surface area contributed by atoms with E-state index in [2.05, 4.69) is 30.7 Å². The molecule has 0 aromatic carbocycles. The second-order valence-corrected chi connectivity index (χ2v) is 4.80. The zero-order valence-corrected chi connectivity index (χ0v) is 10.3. The van der Waals surface area contributed by atoms with Crippen LogP contribution in [0.15, 0.2) is 24.5 Å². The monoisotopic (exact) mass is 220 g/mol. The van der Waals surface area contributed by atoms with Crippen molar-refractivity contribution >= 4 is 0 Å². The minimum Gasteiger partial charge on any atom is -0.487 e. The molecule has 1 fully saturated rings. The molecule has 3 heteroatoms. The summed E-state index contributed by atoms with van der Waals surface area (Å²) in [5.41, 5.74) is 0. The van der Waals surface area contributed by atoms with Gasteiger partial charge in [-0.2, -0.15) is 0 Å². The van der Waals surface area contributed by atoms with Crippen molar-refractivity contribution in [3.63, 3.8) is 0 Å². The molecule has 2 unspecified atom stereocenters. The highest BCUT2D eigenvalue weighted by Crippen LogP contribution is 2.23. The molecule has 0 spiro atoms. The maximum Gasteiger partial charge on any atom is 0.138 e. The molecule has 0 bridgehead atoms. The Labute approximate surface area is 97.4 Å². The molecule has 0 N–H and O–H groups in total. The summed E-state index contributed by atoms with van der Waals surface area (Å²) in [5, 5.41) is 0. The first kappa shape index (κ1) is 11.4. The van der Waals surface area contributed by atoms with Crippen molar-refractivity contribution in [2.75, 3.05) is 6.54 Å². The van der Waals surface area contributed by atoms with Gasteiger partial charge in [-0.1, -0.05) is 0 Å². The number of pyridine rings is 1. The zero-order chi connectivity index (χ0) is 11.5. The molecule has 0 aliphatic carbocycles. The largest absolute Gasteiger partial charge is 0.487 e. The van der Waals surface area contributed by atoms with Crippen LogP contribution in [0, 0.1) is 0 Å². The third kappa shape index (κ3) is 2.53. The average molecular weight is 220 g/mol. The lowest BCUT2D eigenvalue weighted by molar-refractivity contribution is 0.177. The Hall–Kier alpha value is -1.09. The second kappa shape index (κ2) is 4.83. The Morgan fingerprint density at radius 3 is 2.88 bits per heavy atom. The van der Waals surface area contributed by atoms with E-state index in [4.69, 9.17) is 4.74 Å². The van der Waals surface area contributed by atoms with Crippen LogP contribution in [-0.4, -0.2) is 34.6 Å². The van der Waals surface area contributed by atoms with Crippen LogP contribution >= 0.6 is 0 Å². The Bertz CT molecular complexity index is 326. The van der Waals surface area contributed by atoms with E-state index in [0.717, 1.165) is 18.7 Å². The molecule has 2 heterocycles. The minimum atomic E-state index is 0.307. The summed E-state index contributed by atoms with van der Waals surface area (Å²) in [6.45, 7) is 7.77. The lowest BCUT2D eigenvalue weighted by atomic mass is 10.2. The van der Waals surface area contributed by atoms with Crippen LogP contribution in [-0.2, 0) is 0 Å². The molecule has 16 heavy (non-hydrogen) atoms. The number of nitrogens with zero attached hydrogens (tertiary/aromatic N) is 2. The number of rotatable bonds is 3. The fourth-order valence-corrected chi connectivity index (χ4v) is 2.42. The molecule has 0 amide bonds. The van der Waals surface area contributed by atoms with E-state index in [0.29, 0.717) is 18.2 Å². The van der Waals surface area contributed by atoms with Gasteiger partial charge in [-0.3, -0.25) is 9.88 Å². The molecular weight excluding hydrogens is 200 g/mol. The predicted octanol–water partition coefficient (Wildman–Crippen LogP) is 2.33. The Balaban J connectivity index is 1.94. The second-order valence-electron chi connectivity index (χ2n) is 4.80. The van der Waals surface area contributed by atoms with Gasteiger partial charge < -0.3 is 4.74 Å². The summed E-state index contributed by atoms with van der Waals surface area (Å²) < 4.78 is 5.92. The summed E-state index contributed by atoms with van der Waals surface area (Å²) in [6, 6.07) is 5.09. The predicted molar refractivity (Wildman–Crippen MR) is 64.6 cm³/mol. The van der Waals surface area contributed by atoms with E-state index in [1.54, 1.807) is 12.4 Å². The van der Waals surface area contributed by atoms with Gasteiger partial charge in [0.1, 0.15) is 11.9 Å². The normalized spacial score (nSPS) is 26.2. The van der Waals surface area contributed by atoms with E-state index in [1.807, 2.05) is 12.1 Å². The minimum absolute atomic E-state index is 0.307. The molecule has 1 aromatic rings. The van der Waals surface area contributed by atoms with E-state index in [-0.39, 0.29) is 0 Å². The van der Waals surface area contributed by atoms with Gasteiger partial charge in [0.05, 0.1) is 6.20 Å². The van der Waals surface area contributed by atoms with E-state index in [9.17, 15) is 0 Å². The molecule has 88 valence electrons. The summed E-state index contributed by atoms with van der Waals surface area (Å²) in [6.07, 6.45) is 4.96. The highest BCUT2D eigenvalue weighted by Gasteiger charge is 2.31. The van der Waals surface area contributed by atoms with Crippen molar-refractivity contribution in [2.24, 2.45) is 0 Å². The van der Waals surface area contributed by atoms with Crippen LogP contribution in [0.1, 0.15) is 27.2 Å². The molecule has 2 rings (SSSR count). The first-order chi connectivity index (χ1) is 7.66. The highest BCUT2D eigenvalue weighted by molar-refractivity contribution is 5.16. The average Bonchev–Trinajstić information content (AvgIpc) is 2.61. The molecule has 3 nitrogen and oxygen atoms in total. The lowest BCUT2D eigenvalue weighted by Gasteiger charge is -2.24. The molecule has 2 atom stereocenters. The molecule has 1 aliphatic heterocycles. The third-order valence-corrected chi connectivity index (χ3v) is 3.19. The molecule has 0 radical (unpaired) electrons. The fraction of sp³-hybridized carbons (Fsp3) is 0.615. The lowest BCUT2D eigenvalue weighted by Crippen LogP contribution is -2.34. The Kier molecular flexibility index (Phi) is 3.44. The standard InChI is InChI=1S/C13H20N2O/c1-10(2)15-9-13(7-11(15)3)16-12-5-4-6-14-8-12/h4-6,8,10-11,13H,7,9H2,1-3H3. The number of ether oxygens (including phenoxy) is 1. The van der Waals surface area contributed by atoms with E-state index < -0.39 is 0 Å². The van der Waals surface area contributed by atoms with Crippen LogP contribution in [0.2, 0.25) is 0 Å². The zero-order valence-electron chi connectivity index (χ0n) is 10.3. The van der Waals surface area contributed by atoms with Gasteiger partial charge in [0.2, 0.25) is 0 Å². The molecule has 0 saturated carbocycles. The smallest absolute Gasteiger partial charge is 0.138 e. The van der Waals surface area contributed by atoms with Crippen molar-refractivity contribution in [1.29, 1.82) is 0 Å². The van der Waals surface area contributed by atoms with Gasteiger partial charge in [0.25, 0.3) is 0 Å². The highest BCUT2D eigenvalue weighted by atomic mass is 16.5. The van der Waals surface area contributed by atoms with Crippen molar-refractivity contribution in [1.82, 2.24) is 9.88 Å². The van der Waals surface area contributed by atoms with Crippen LogP contribution < -0.4 is 4.74 Å². The van der Waals surface area contributed by atoms with E-state index >= 15 is 0 Å². The van der Waals surface area contributed by atoms with Crippen LogP contribution in [0.25, 0.3) is 0 Å². The number of hydrogen-bond acceptors (Lipinski definition) is 3. The fourth-order valence-electron chi connectivity index (χ4n) is 2.42. The van der Waals surface area contributed by atoms with Crippen LogP contribution in [0.5, 0.6) is 5.75 Å². The van der Waals surface area contributed by atoms with Crippen LogP contribution in [0.4, 0.5) is 0 Å². The number of hydrogen-bond donors (Lipinski definition) is 0. The van der Waals surface area contributed by atoms with Crippen molar-refractivity contribution in [2.45, 2.75) is 45.4 Å². The first-order valence-electron chi connectivity index (χ1n) is 5.99. The van der Waals surface area contributed by atoms with Gasteiger partial charge in [-0.15, -0.1) is 0 Å². The topological polar surface area (TPSA) is 25.4 Å². The third-order valence-electron chi connectivity index (χ3n) is 3.19. The van der Waals surface area contributed by atoms with Gasteiger partial charge in [-0.25, -0.2) is 0 Å². The summed E-state index contributed by atoms with van der Waals surface area (Å²) in [4.78, 5) is 6.55. The SMILES string of the molecule is CC(C)N1CC(Oc2cccnc2)CC1C. The van der Waals surface area contributed by atoms with Crippen molar-refractivity contribution < 1.29 is 4.74 Å². The van der Waals surface area contributed by atoms with Gasteiger partial charge in [0, 0.05) is 31.2 Å². The van der Waals surface area contributed by atoms with Gasteiger partial charge >= 0.3 is 0 Å². The maximum atomic E-state index is 5.92. The van der Waals surface area contributed by atoms with Gasteiger partial charge in [-0.05, 0) is 32.9 Å². The summed E-state index contributed by atoms with van der Waals surface area (Å²) in [7, 11) is 0. The first-order valence-corrected chi connectivity index (χ1v) is 5.99.